The van der Waals surface area contributed by atoms with Crippen LogP contribution in [0.25, 0.3) is 0 Å². The maximum atomic E-state index is 11.8. The van der Waals surface area contributed by atoms with Crippen LogP contribution in [0.2, 0.25) is 0 Å². The first-order valence-corrected chi connectivity index (χ1v) is 5.64. The summed E-state index contributed by atoms with van der Waals surface area (Å²) >= 11 is 0. The summed E-state index contributed by atoms with van der Waals surface area (Å²) in [5, 5.41) is 6.31. The SMILES string of the molecule is CC1C(=O)NC(=O)N(CCc2ccn(C)n2)C1=O. The molecule has 1 aliphatic rings. The van der Waals surface area contributed by atoms with Crippen molar-refractivity contribution in [3.8, 4) is 0 Å². The molecule has 18 heavy (non-hydrogen) atoms. The van der Waals surface area contributed by atoms with E-state index in [9.17, 15) is 14.4 Å². The van der Waals surface area contributed by atoms with Crippen molar-refractivity contribution in [1.82, 2.24) is 20.0 Å². The molecular weight excluding hydrogens is 236 g/mol. The Hall–Kier alpha value is -2.18. The van der Waals surface area contributed by atoms with Gasteiger partial charge in [-0.15, -0.1) is 0 Å². The van der Waals surface area contributed by atoms with Crippen LogP contribution in [-0.2, 0) is 23.1 Å². The van der Waals surface area contributed by atoms with Crippen molar-refractivity contribution in [2.45, 2.75) is 13.3 Å². The number of imide groups is 2. The van der Waals surface area contributed by atoms with Crippen molar-refractivity contribution >= 4 is 17.8 Å². The standard InChI is InChI=1S/C11H14N4O3/c1-7-9(16)12-11(18)15(10(7)17)6-4-8-3-5-14(2)13-8/h3,5,7H,4,6H2,1-2H3,(H,12,16,18). The van der Waals surface area contributed by atoms with Crippen molar-refractivity contribution in [3.63, 3.8) is 0 Å². The van der Waals surface area contributed by atoms with Crippen LogP contribution in [0, 0.1) is 5.92 Å². The predicted molar refractivity (Wildman–Crippen MR) is 61.3 cm³/mol. The molecule has 1 unspecified atom stereocenters. The highest BCUT2D eigenvalue weighted by Gasteiger charge is 2.36. The van der Waals surface area contributed by atoms with E-state index in [1.54, 1.807) is 17.9 Å². The van der Waals surface area contributed by atoms with E-state index in [2.05, 4.69) is 10.4 Å². The van der Waals surface area contributed by atoms with E-state index in [1.807, 2.05) is 6.07 Å². The Labute approximate surface area is 104 Å². The van der Waals surface area contributed by atoms with Crippen LogP contribution in [0.4, 0.5) is 4.79 Å². The van der Waals surface area contributed by atoms with Crippen molar-refractivity contribution in [3.05, 3.63) is 18.0 Å². The summed E-state index contributed by atoms with van der Waals surface area (Å²) < 4.78 is 1.65. The number of nitrogens with zero attached hydrogens (tertiary/aromatic N) is 3. The molecule has 1 aromatic heterocycles. The third-order valence-corrected chi connectivity index (χ3v) is 2.87. The lowest BCUT2D eigenvalue weighted by Gasteiger charge is -2.28. The number of aryl methyl sites for hydroxylation is 1. The van der Waals surface area contributed by atoms with Gasteiger partial charge in [-0.1, -0.05) is 0 Å². The monoisotopic (exact) mass is 250 g/mol. The maximum absolute atomic E-state index is 11.8. The third-order valence-electron chi connectivity index (χ3n) is 2.87. The second-order valence-corrected chi connectivity index (χ2v) is 4.24. The van der Waals surface area contributed by atoms with Gasteiger partial charge in [0.15, 0.2) is 0 Å². The van der Waals surface area contributed by atoms with Crippen molar-refractivity contribution < 1.29 is 14.4 Å². The van der Waals surface area contributed by atoms with Crippen LogP contribution < -0.4 is 5.32 Å². The minimum absolute atomic E-state index is 0.222. The van der Waals surface area contributed by atoms with E-state index in [4.69, 9.17) is 0 Å². The number of carbonyl (C=O) groups is 3. The van der Waals surface area contributed by atoms with Gasteiger partial charge in [0.25, 0.3) is 0 Å². The highest BCUT2D eigenvalue weighted by atomic mass is 16.2. The normalized spacial score (nSPS) is 20.2. The van der Waals surface area contributed by atoms with E-state index in [-0.39, 0.29) is 6.54 Å². The lowest BCUT2D eigenvalue weighted by atomic mass is 10.1. The van der Waals surface area contributed by atoms with E-state index in [0.29, 0.717) is 6.42 Å². The minimum atomic E-state index is -0.813. The summed E-state index contributed by atoms with van der Waals surface area (Å²) in [6.45, 7) is 1.71. The van der Waals surface area contributed by atoms with Gasteiger partial charge in [-0.2, -0.15) is 5.10 Å². The molecule has 96 valence electrons. The molecule has 0 aromatic carbocycles. The number of amides is 4. The molecule has 1 atom stereocenters. The first kappa shape index (κ1) is 12.3. The molecule has 4 amide bonds. The second-order valence-electron chi connectivity index (χ2n) is 4.24. The lowest BCUT2D eigenvalue weighted by molar-refractivity contribution is -0.141. The van der Waals surface area contributed by atoms with E-state index in [0.717, 1.165) is 10.6 Å². The fourth-order valence-corrected chi connectivity index (χ4v) is 1.76. The Morgan fingerprint density at radius 1 is 1.39 bits per heavy atom. The topological polar surface area (TPSA) is 84.3 Å². The number of hydrogen-bond donors (Lipinski definition) is 1. The zero-order chi connectivity index (χ0) is 13.3. The molecule has 0 radical (unpaired) electrons. The second kappa shape index (κ2) is 4.59. The molecule has 7 heteroatoms. The molecular formula is C11H14N4O3. The Morgan fingerprint density at radius 2 is 2.11 bits per heavy atom. The van der Waals surface area contributed by atoms with Crippen LogP contribution in [0.15, 0.2) is 12.3 Å². The zero-order valence-electron chi connectivity index (χ0n) is 10.2. The summed E-state index contributed by atoms with van der Waals surface area (Å²) in [6.07, 6.45) is 2.26. The maximum Gasteiger partial charge on any atom is 0.330 e. The lowest BCUT2D eigenvalue weighted by Crippen LogP contribution is -2.57. The number of urea groups is 1. The Bertz CT molecular complexity index is 508. The van der Waals surface area contributed by atoms with Crippen LogP contribution >= 0.6 is 0 Å². The summed E-state index contributed by atoms with van der Waals surface area (Å²) in [5.41, 5.74) is 0.794. The fourth-order valence-electron chi connectivity index (χ4n) is 1.76. The highest BCUT2D eigenvalue weighted by molar-refractivity contribution is 6.15. The van der Waals surface area contributed by atoms with Gasteiger partial charge in [0.2, 0.25) is 11.8 Å². The first-order chi connectivity index (χ1) is 8.49. The molecule has 0 aliphatic carbocycles. The van der Waals surface area contributed by atoms with Gasteiger partial charge in [0.1, 0.15) is 5.92 Å². The Morgan fingerprint density at radius 3 is 2.72 bits per heavy atom. The van der Waals surface area contributed by atoms with E-state index < -0.39 is 23.8 Å². The zero-order valence-corrected chi connectivity index (χ0v) is 10.2. The van der Waals surface area contributed by atoms with Gasteiger partial charge >= 0.3 is 6.03 Å². The molecule has 1 aromatic rings. The molecule has 1 aliphatic heterocycles. The van der Waals surface area contributed by atoms with Crippen molar-refractivity contribution in [2.75, 3.05) is 6.54 Å². The van der Waals surface area contributed by atoms with Gasteiger partial charge in [-0.25, -0.2) is 4.79 Å². The number of hydrogen-bond acceptors (Lipinski definition) is 4. The van der Waals surface area contributed by atoms with Crippen LogP contribution in [0.3, 0.4) is 0 Å². The van der Waals surface area contributed by atoms with E-state index in [1.165, 1.54) is 6.92 Å². The average Bonchev–Trinajstić information content (AvgIpc) is 2.72. The Balaban J connectivity index is 2.02. The summed E-state index contributed by atoms with van der Waals surface area (Å²) in [4.78, 5) is 35.6. The summed E-state index contributed by atoms with van der Waals surface area (Å²) in [5.74, 6) is -1.81. The molecule has 2 rings (SSSR count). The number of aromatic nitrogens is 2. The van der Waals surface area contributed by atoms with Gasteiger partial charge < -0.3 is 0 Å². The smallest absolute Gasteiger partial charge is 0.277 e. The molecule has 1 fully saturated rings. The predicted octanol–water partition coefficient (Wildman–Crippen LogP) is -0.323. The minimum Gasteiger partial charge on any atom is -0.277 e. The van der Waals surface area contributed by atoms with Gasteiger partial charge in [0.05, 0.1) is 5.69 Å². The van der Waals surface area contributed by atoms with Crippen LogP contribution in [0.5, 0.6) is 0 Å². The summed E-state index contributed by atoms with van der Waals surface area (Å²) in [6, 6.07) is 1.17. The van der Waals surface area contributed by atoms with Gasteiger partial charge in [-0.3, -0.25) is 24.5 Å². The number of rotatable bonds is 3. The van der Waals surface area contributed by atoms with Crippen LogP contribution in [0.1, 0.15) is 12.6 Å². The van der Waals surface area contributed by atoms with Crippen molar-refractivity contribution in [1.29, 1.82) is 0 Å². The van der Waals surface area contributed by atoms with Crippen LogP contribution in [-0.4, -0.2) is 39.1 Å². The van der Waals surface area contributed by atoms with Crippen molar-refractivity contribution in [2.24, 2.45) is 13.0 Å². The summed E-state index contributed by atoms with van der Waals surface area (Å²) in [7, 11) is 1.79. The quantitative estimate of drug-likeness (QED) is 0.745. The molecule has 2 heterocycles. The van der Waals surface area contributed by atoms with Gasteiger partial charge in [-0.05, 0) is 13.0 Å². The average molecular weight is 250 g/mol. The van der Waals surface area contributed by atoms with E-state index >= 15 is 0 Å². The number of carbonyl (C=O) groups excluding carboxylic acids is 3. The molecule has 0 bridgehead atoms. The molecule has 7 nitrogen and oxygen atoms in total. The highest BCUT2D eigenvalue weighted by Crippen LogP contribution is 2.10. The fraction of sp³-hybridized carbons (Fsp3) is 0.455. The molecule has 0 spiro atoms. The largest absolute Gasteiger partial charge is 0.330 e. The molecule has 1 N–H and O–H groups in total. The number of nitrogens with one attached hydrogen (secondary N) is 1. The first-order valence-electron chi connectivity index (χ1n) is 5.64. The number of barbiturate groups is 1. The van der Waals surface area contributed by atoms with Gasteiger partial charge in [0, 0.05) is 26.2 Å². The molecule has 1 saturated heterocycles. The molecule has 0 saturated carbocycles. The Kier molecular flexibility index (Phi) is 3.14. The third kappa shape index (κ3) is 2.24.